The Bertz CT molecular complexity index is 595. The van der Waals surface area contributed by atoms with E-state index < -0.39 is 48.9 Å². The van der Waals surface area contributed by atoms with Gasteiger partial charge in [-0.15, -0.1) is 0 Å². The molecule has 1 aliphatic heterocycles. The summed E-state index contributed by atoms with van der Waals surface area (Å²) in [6.07, 6.45) is -2.84. The number of aliphatic hydroxyl groups excluding tert-OH is 3. The Balaban J connectivity index is 1.88. The lowest BCUT2D eigenvalue weighted by atomic mass is 10.2. The zero-order valence-electron chi connectivity index (χ0n) is 12.0. The molecule has 1 aromatic carbocycles. The summed E-state index contributed by atoms with van der Waals surface area (Å²) in [6, 6.07) is 8.97. The number of carbonyl (C=O) groups excluding carboxylic acids is 2. The molecular formula is C15H16O8. The van der Waals surface area contributed by atoms with Crippen LogP contribution in [0.15, 0.2) is 41.9 Å². The molecule has 1 aliphatic rings. The van der Waals surface area contributed by atoms with Gasteiger partial charge in [0.25, 0.3) is 0 Å². The van der Waals surface area contributed by atoms with Crippen LogP contribution < -0.4 is 0 Å². The minimum absolute atomic E-state index is 0.0478. The second kappa shape index (κ2) is 7.61. The Morgan fingerprint density at radius 1 is 1.30 bits per heavy atom. The first-order valence-electron chi connectivity index (χ1n) is 6.78. The normalized spacial score (nSPS) is 18.5. The topological polar surface area (TPSA) is 123 Å². The molecule has 8 nitrogen and oxygen atoms in total. The summed E-state index contributed by atoms with van der Waals surface area (Å²) in [7, 11) is 0. The number of benzene rings is 1. The van der Waals surface area contributed by atoms with Gasteiger partial charge in [-0.1, -0.05) is 30.3 Å². The lowest BCUT2D eigenvalue weighted by Gasteiger charge is -2.17. The van der Waals surface area contributed by atoms with Gasteiger partial charge in [-0.3, -0.25) is 0 Å². The number of aliphatic hydroxyl groups is 3. The molecule has 0 amide bonds. The van der Waals surface area contributed by atoms with Gasteiger partial charge in [0.05, 0.1) is 6.61 Å². The van der Waals surface area contributed by atoms with Crippen molar-refractivity contribution in [3.05, 3.63) is 47.4 Å². The summed E-state index contributed by atoms with van der Waals surface area (Å²) in [5.74, 6) is -3.09. The standard InChI is InChI=1S/C15H16O8/c16-6-10(17)13-14(12(19)15(20)23-13)22-8-11(18)21-7-9-4-2-1-3-5-9/h1-5,10,13,16-17,19H,6-8H2/t10-,13+/m0/s1. The van der Waals surface area contributed by atoms with Gasteiger partial charge >= 0.3 is 11.9 Å². The van der Waals surface area contributed by atoms with Gasteiger partial charge in [0.1, 0.15) is 12.7 Å². The Kier molecular flexibility index (Phi) is 5.56. The van der Waals surface area contributed by atoms with Gasteiger partial charge in [-0.25, -0.2) is 9.59 Å². The minimum Gasteiger partial charge on any atom is -0.499 e. The molecule has 0 fully saturated rings. The monoisotopic (exact) mass is 324 g/mol. The summed E-state index contributed by atoms with van der Waals surface area (Å²) in [6.45, 7) is -1.25. The van der Waals surface area contributed by atoms with Crippen molar-refractivity contribution in [2.75, 3.05) is 13.2 Å². The third kappa shape index (κ3) is 4.21. The van der Waals surface area contributed by atoms with Crippen LogP contribution in [0.3, 0.4) is 0 Å². The first kappa shape index (κ1) is 16.8. The Labute approximate surface area is 131 Å². The summed E-state index contributed by atoms with van der Waals surface area (Å²) in [5, 5.41) is 27.9. The maximum Gasteiger partial charge on any atom is 0.378 e. The van der Waals surface area contributed by atoms with Crippen molar-refractivity contribution in [3.63, 3.8) is 0 Å². The molecule has 2 atom stereocenters. The van der Waals surface area contributed by atoms with Crippen LogP contribution in [0.25, 0.3) is 0 Å². The van der Waals surface area contributed by atoms with E-state index in [2.05, 4.69) is 4.74 Å². The van der Waals surface area contributed by atoms with Gasteiger partial charge in [0.2, 0.25) is 5.76 Å². The van der Waals surface area contributed by atoms with E-state index in [0.717, 1.165) is 5.56 Å². The van der Waals surface area contributed by atoms with Crippen molar-refractivity contribution < 1.29 is 39.1 Å². The average molecular weight is 324 g/mol. The molecule has 0 saturated carbocycles. The lowest BCUT2D eigenvalue weighted by Crippen LogP contribution is -2.33. The number of carbonyl (C=O) groups is 2. The Morgan fingerprint density at radius 2 is 2.00 bits per heavy atom. The molecule has 0 saturated heterocycles. The molecule has 0 aromatic heterocycles. The zero-order chi connectivity index (χ0) is 16.8. The predicted molar refractivity (Wildman–Crippen MR) is 74.8 cm³/mol. The van der Waals surface area contributed by atoms with E-state index >= 15 is 0 Å². The SMILES string of the molecule is O=C(COC1=C(O)C(=O)O[C@@H]1[C@@H](O)CO)OCc1ccccc1. The van der Waals surface area contributed by atoms with E-state index in [-0.39, 0.29) is 6.61 Å². The highest BCUT2D eigenvalue weighted by atomic mass is 16.6. The third-order valence-corrected chi connectivity index (χ3v) is 3.04. The molecular weight excluding hydrogens is 308 g/mol. The number of ether oxygens (including phenoxy) is 3. The van der Waals surface area contributed by atoms with Crippen LogP contribution in [0.2, 0.25) is 0 Å². The predicted octanol–water partition coefficient (Wildman–Crippen LogP) is -0.205. The fraction of sp³-hybridized carbons (Fsp3) is 0.333. The van der Waals surface area contributed by atoms with Gasteiger partial charge in [0.15, 0.2) is 18.5 Å². The van der Waals surface area contributed by atoms with E-state index in [1.165, 1.54) is 0 Å². The average Bonchev–Trinajstić information content (AvgIpc) is 2.86. The second-order valence-corrected chi connectivity index (χ2v) is 4.72. The molecule has 1 aromatic rings. The van der Waals surface area contributed by atoms with Gasteiger partial charge in [-0.05, 0) is 5.56 Å². The van der Waals surface area contributed by atoms with Crippen LogP contribution in [0.5, 0.6) is 0 Å². The van der Waals surface area contributed by atoms with Crippen LogP contribution in [0, 0.1) is 0 Å². The van der Waals surface area contributed by atoms with Gasteiger partial charge < -0.3 is 29.5 Å². The molecule has 124 valence electrons. The maximum atomic E-state index is 11.6. The molecule has 0 bridgehead atoms. The third-order valence-electron chi connectivity index (χ3n) is 3.04. The second-order valence-electron chi connectivity index (χ2n) is 4.72. The molecule has 8 heteroatoms. The first-order chi connectivity index (χ1) is 11.0. The summed E-state index contributed by atoms with van der Waals surface area (Å²) >= 11 is 0. The smallest absolute Gasteiger partial charge is 0.378 e. The highest BCUT2D eigenvalue weighted by Gasteiger charge is 2.40. The maximum absolute atomic E-state index is 11.6. The van der Waals surface area contributed by atoms with E-state index in [1.807, 2.05) is 6.07 Å². The van der Waals surface area contributed by atoms with Crippen molar-refractivity contribution in [2.45, 2.75) is 18.8 Å². The zero-order valence-corrected chi connectivity index (χ0v) is 12.0. The highest BCUT2D eigenvalue weighted by Crippen LogP contribution is 2.24. The molecule has 0 spiro atoms. The number of esters is 2. The molecule has 23 heavy (non-hydrogen) atoms. The number of rotatable bonds is 7. The van der Waals surface area contributed by atoms with Crippen LogP contribution in [-0.4, -0.2) is 52.7 Å². The van der Waals surface area contributed by atoms with Crippen LogP contribution >= 0.6 is 0 Å². The van der Waals surface area contributed by atoms with Crippen molar-refractivity contribution in [2.24, 2.45) is 0 Å². The van der Waals surface area contributed by atoms with Crippen LogP contribution in [-0.2, 0) is 30.4 Å². The molecule has 3 N–H and O–H groups in total. The summed E-state index contributed by atoms with van der Waals surface area (Å²) in [5.41, 5.74) is 0.788. The Morgan fingerprint density at radius 3 is 2.65 bits per heavy atom. The van der Waals surface area contributed by atoms with Crippen molar-refractivity contribution in [3.8, 4) is 0 Å². The number of cyclic esters (lactones) is 1. The Hall–Kier alpha value is -2.58. The largest absolute Gasteiger partial charge is 0.499 e. The number of hydrogen-bond acceptors (Lipinski definition) is 8. The minimum atomic E-state index is -1.47. The summed E-state index contributed by atoms with van der Waals surface area (Å²) in [4.78, 5) is 22.9. The van der Waals surface area contributed by atoms with Crippen molar-refractivity contribution in [1.29, 1.82) is 0 Å². The van der Waals surface area contributed by atoms with E-state index in [1.54, 1.807) is 24.3 Å². The van der Waals surface area contributed by atoms with Crippen molar-refractivity contribution in [1.82, 2.24) is 0 Å². The fourth-order valence-corrected chi connectivity index (χ4v) is 1.88. The first-order valence-corrected chi connectivity index (χ1v) is 6.78. The number of hydrogen-bond donors (Lipinski definition) is 3. The van der Waals surface area contributed by atoms with Crippen LogP contribution in [0.1, 0.15) is 5.56 Å². The van der Waals surface area contributed by atoms with Gasteiger partial charge in [0, 0.05) is 0 Å². The molecule has 0 radical (unpaired) electrons. The molecule has 0 aliphatic carbocycles. The molecule has 2 rings (SSSR count). The molecule has 0 unspecified atom stereocenters. The van der Waals surface area contributed by atoms with E-state index in [0.29, 0.717) is 0 Å². The fourth-order valence-electron chi connectivity index (χ4n) is 1.88. The highest BCUT2D eigenvalue weighted by molar-refractivity contribution is 5.89. The quantitative estimate of drug-likeness (QED) is 0.589. The van der Waals surface area contributed by atoms with Gasteiger partial charge in [-0.2, -0.15) is 0 Å². The van der Waals surface area contributed by atoms with E-state index in [9.17, 15) is 19.8 Å². The lowest BCUT2D eigenvalue weighted by molar-refractivity contribution is -0.151. The molecule has 1 heterocycles. The summed E-state index contributed by atoms with van der Waals surface area (Å²) < 4.78 is 14.6. The van der Waals surface area contributed by atoms with Crippen molar-refractivity contribution >= 4 is 11.9 Å². The van der Waals surface area contributed by atoms with Crippen LogP contribution in [0.4, 0.5) is 0 Å². The van der Waals surface area contributed by atoms with E-state index in [4.69, 9.17) is 14.6 Å².